The first-order valence-electron chi connectivity index (χ1n) is 7.07. The van der Waals surface area contributed by atoms with Crippen LogP contribution in [0.4, 0.5) is 11.4 Å². The van der Waals surface area contributed by atoms with Gasteiger partial charge in [0.1, 0.15) is 0 Å². The Morgan fingerprint density at radius 2 is 1.95 bits per heavy atom. The molecule has 4 heteroatoms. The number of halogens is 2. The fraction of sp³-hybridized carbons (Fsp3) is 0.294. The van der Waals surface area contributed by atoms with Gasteiger partial charge in [-0.05, 0) is 48.2 Å². The Balaban J connectivity index is 1.75. The number of likely N-dealkylation sites (N-methyl/N-ethyl adjacent to an activating group) is 1. The van der Waals surface area contributed by atoms with Crippen LogP contribution in [0.3, 0.4) is 0 Å². The maximum Gasteiger partial charge on any atom is 0.0641 e. The molecule has 0 atom stereocenters. The lowest BCUT2D eigenvalue weighted by Crippen LogP contribution is -2.12. The number of hydrogen-bond acceptors (Lipinski definition) is 2. The van der Waals surface area contributed by atoms with E-state index in [0.29, 0.717) is 5.02 Å². The summed E-state index contributed by atoms with van der Waals surface area (Å²) in [5.41, 5.74) is 5.90. The predicted molar refractivity (Wildman–Crippen MR) is 91.9 cm³/mol. The summed E-state index contributed by atoms with van der Waals surface area (Å²) in [6.07, 6.45) is 1.12. The van der Waals surface area contributed by atoms with Crippen molar-refractivity contribution in [3.63, 3.8) is 0 Å². The highest BCUT2D eigenvalue weighted by Crippen LogP contribution is 2.30. The van der Waals surface area contributed by atoms with Crippen molar-refractivity contribution in [3.05, 3.63) is 57.1 Å². The zero-order valence-electron chi connectivity index (χ0n) is 12.2. The Morgan fingerprint density at radius 3 is 2.76 bits per heavy atom. The molecular formula is C17H18Cl2N2. The Morgan fingerprint density at radius 1 is 1.14 bits per heavy atom. The Bertz CT molecular complexity index is 683. The summed E-state index contributed by atoms with van der Waals surface area (Å²) in [7, 11) is 2.14. The number of anilines is 2. The molecule has 0 spiro atoms. The van der Waals surface area contributed by atoms with Gasteiger partial charge in [0.05, 0.1) is 10.7 Å². The summed E-state index contributed by atoms with van der Waals surface area (Å²) in [4.78, 5) is 2.29. The monoisotopic (exact) mass is 320 g/mol. The summed E-state index contributed by atoms with van der Waals surface area (Å²) in [6.45, 7) is 3.80. The third-order valence-corrected chi connectivity index (χ3v) is 4.72. The van der Waals surface area contributed by atoms with Crippen molar-refractivity contribution in [1.29, 1.82) is 0 Å². The minimum absolute atomic E-state index is 0.706. The van der Waals surface area contributed by atoms with Gasteiger partial charge in [0, 0.05) is 30.8 Å². The quantitative estimate of drug-likeness (QED) is 0.864. The Hall–Kier alpha value is -1.38. The summed E-state index contributed by atoms with van der Waals surface area (Å²) in [5, 5.41) is 4.81. The van der Waals surface area contributed by atoms with E-state index in [1.54, 1.807) is 0 Å². The highest BCUT2D eigenvalue weighted by atomic mass is 35.5. The van der Waals surface area contributed by atoms with Crippen LogP contribution < -0.4 is 10.2 Å². The van der Waals surface area contributed by atoms with Gasteiger partial charge in [-0.3, -0.25) is 0 Å². The van der Waals surface area contributed by atoms with Gasteiger partial charge in [0.15, 0.2) is 0 Å². The number of rotatable bonds is 3. The normalized spacial score (nSPS) is 13.4. The lowest BCUT2D eigenvalue weighted by Gasteiger charge is -2.13. The largest absolute Gasteiger partial charge is 0.380 e. The molecule has 0 aromatic heterocycles. The Kier molecular flexibility index (Phi) is 4.01. The van der Waals surface area contributed by atoms with Gasteiger partial charge in [0.25, 0.3) is 0 Å². The van der Waals surface area contributed by atoms with E-state index in [1.165, 1.54) is 16.8 Å². The highest BCUT2D eigenvalue weighted by Gasteiger charge is 2.15. The zero-order chi connectivity index (χ0) is 15.0. The highest BCUT2D eigenvalue weighted by molar-refractivity contribution is 6.35. The van der Waals surface area contributed by atoms with Crippen LogP contribution in [0.15, 0.2) is 30.3 Å². The molecule has 0 saturated heterocycles. The van der Waals surface area contributed by atoms with E-state index < -0.39 is 0 Å². The molecule has 2 nitrogen and oxygen atoms in total. The molecule has 0 fully saturated rings. The Labute approximate surface area is 135 Å². The smallest absolute Gasteiger partial charge is 0.0641 e. The molecule has 0 saturated carbocycles. The molecule has 2 aromatic rings. The van der Waals surface area contributed by atoms with Crippen LogP contribution in [-0.2, 0) is 13.0 Å². The molecular weight excluding hydrogens is 303 g/mol. The minimum Gasteiger partial charge on any atom is -0.380 e. The van der Waals surface area contributed by atoms with Crippen molar-refractivity contribution in [3.8, 4) is 0 Å². The third kappa shape index (κ3) is 2.97. The van der Waals surface area contributed by atoms with Gasteiger partial charge in [0.2, 0.25) is 0 Å². The van der Waals surface area contributed by atoms with Crippen molar-refractivity contribution in [2.45, 2.75) is 19.9 Å². The molecule has 110 valence electrons. The second-order valence-electron chi connectivity index (χ2n) is 5.57. The van der Waals surface area contributed by atoms with Crippen molar-refractivity contribution in [2.24, 2.45) is 0 Å². The average molecular weight is 321 g/mol. The molecule has 0 unspecified atom stereocenters. The van der Waals surface area contributed by atoms with Crippen LogP contribution in [-0.4, -0.2) is 13.6 Å². The van der Waals surface area contributed by atoms with Crippen LogP contribution in [0.1, 0.15) is 16.7 Å². The van der Waals surface area contributed by atoms with E-state index in [1.807, 2.05) is 19.1 Å². The lowest BCUT2D eigenvalue weighted by molar-refractivity contribution is 0.955. The van der Waals surface area contributed by atoms with Gasteiger partial charge >= 0.3 is 0 Å². The molecule has 3 rings (SSSR count). The third-order valence-electron chi connectivity index (χ3n) is 4.00. The summed E-state index contributed by atoms with van der Waals surface area (Å²) >= 11 is 12.4. The molecule has 2 aromatic carbocycles. The number of hydrogen-bond donors (Lipinski definition) is 1. The number of nitrogens with zero attached hydrogens (tertiary/aromatic N) is 1. The maximum atomic E-state index is 6.25. The standard InChI is InChI=1S/C17H18Cl2N2/c1-11-7-15(19)16(9-14(11)18)20-10-12-3-4-17-13(8-12)5-6-21(17)2/h3-4,7-9,20H,5-6,10H2,1-2H3. The maximum absolute atomic E-state index is 6.25. The zero-order valence-corrected chi connectivity index (χ0v) is 13.7. The second-order valence-corrected chi connectivity index (χ2v) is 6.38. The SMILES string of the molecule is Cc1cc(Cl)c(NCc2ccc3c(c2)CCN3C)cc1Cl. The minimum atomic E-state index is 0.706. The first-order valence-corrected chi connectivity index (χ1v) is 7.82. The predicted octanol–water partition coefficient (Wildman–Crippen LogP) is 4.91. The summed E-state index contributed by atoms with van der Waals surface area (Å²) in [6, 6.07) is 10.4. The molecule has 1 heterocycles. The van der Waals surface area contributed by atoms with Gasteiger partial charge in [-0.15, -0.1) is 0 Å². The van der Waals surface area contributed by atoms with Crippen molar-refractivity contribution in [2.75, 3.05) is 23.8 Å². The van der Waals surface area contributed by atoms with Gasteiger partial charge < -0.3 is 10.2 Å². The van der Waals surface area contributed by atoms with Crippen molar-refractivity contribution < 1.29 is 0 Å². The first kappa shape index (κ1) is 14.6. The van der Waals surface area contributed by atoms with Crippen LogP contribution in [0.2, 0.25) is 10.0 Å². The second kappa shape index (κ2) is 5.78. The number of benzene rings is 2. The molecule has 1 N–H and O–H groups in total. The topological polar surface area (TPSA) is 15.3 Å². The average Bonchev–Trinajstić information content (AvgIpc) is 2.82. The van der Waals surface area contributed by atoms with Crippen LogP contribution in [0.5, 0.6) is 0 Å². The summed E-state index contributed by atoms with van der Waals surface area (Å²) < 4.78 is 0. The van der Waals surface area contributed by atoms with E-state index in [-0.39, 0.29) is 0 Å². The van der Waals surface area contributed by atoms with Crippen LogP contribution >= 0.6 is 23.2 Å². The van der Waals surface area contributed by atoms with Crippen LogP contribution in [0, 0.1) is 6.92 Å². The fourth-order valence-electron chi connectivity index (χ4n) is 2.71. The van der Waals surface area contributed by atoms with E-state index >= 15 is 0 Å². The first-order chi connectivity index (χ1) is 10.0. The fourth-order valence-corrected chi connectivity index (χ4v) is 3.16. The number of fused-ring (bicyclic) bond motifs is 1. The number of aryl methyl sites for hydroxylation is 1. The van der Waals surface area contributed by atoms with E-state index in [4.69, 9.17) is 23.2 Å². The van der Waals surface area contributed by atoms with E-state index in [9.17, 15) is 0 Å². The van der Waals surface area contributed by atoms with Crippen molar-refractivity contribution >= 4 is 34.6 Å². The molecule has 1 aliphatic heterocycles. The van der Waals surface area contributed by atoms with Gasteiger partial charge in [-0.1, -0.05) is 35.3 Å². The molecule has 0 amide bonds. The lowest BCUT2D eigenvalue weighted by atomic mass is 10.1. The summed E-state index contributed by atoms with van der Waals surface area (Å²) in [5.74, 6) is 0. The van der Waals surface area contributed by atoms with E-state index in [2.05, 4.69) is 35.5 Å². The molecule has 0 aliphatic carbocycles. The molecule has 1 aliphatic rings. The van der Waals surface area contributed by atoms with Gasteiger partial charge in [-0.25, -0.2) is 0 Å². The van der Waals surface area contributed by atoms with Crippen molar-refractivity contribution in [1.82, 2.24) is 0 Å². The molecule has 0 radical (unpaired) electrons. The van der Waals surface area contributed by atoms with Gasteiger partial charge in [-0.2, -0.15) is 0 Å². The number of nitrogens with one attached hydrogen (secondary N) is 1. The molecule has 0 bridgehead atoms. The van der Waals surface area contributed by atoms with Crippen LogP contribution in [0.25, 0.3) is 0 Å². The molecule has 21 heavy (non-hydrogen) atoms. The van der Waals surface area contributed by atoms with E-state index in [0.717, 1.165) is 35.8 Å².